The summed E-state index contributed by atoms with van der Waals surface area (Å²) in [6, 6.07) is 0.133. The Hall–Kier alpha value is -0.420. The molecule has 4 rings (SSSR count). The average molecular weight is 391 g/mol. The van der Waals surface area contributed by atoms with Crippen LogP contribution in [0.25, 0.3) is 0 Å². The monoisotopic (exact) mass is 390 g/mol. The van der Waals surface area contributed by atoms with Gasteiger partial charge in [0.1, 0.15) is 0 Å². The van der Waals surface area contributed by atoms with Crippen molar-refractivity contribution in [1.29, 1.82) is 0 Å². The average Bonchev–Trinajstić information content (AvgIpc) is 3.25. The molecular formula is C24H42N2O2. The fraction of sp³-hybridized carbons (Fsp3) is 0.917. The summed E-state index contributed by atoms with van der Waals surface area (Å²) in [6.07, 6.45) is 8.86. The summed E-state index contributed by atoms with van der Waals surface area (Å²) in [4.78, 5) is 2.64. The number of likely N-dealkylation sites (tertiary alicyclic amines) is 1. The number of hydrogen-bond donors (Lipinski definition) is 3. The normalized spacial score (nSPS) is 50.1. The van der Waals surface area contributed by atoms with Crippen molar-refractivity contribution >= 4 is 0 Å². The van der Waals surface area contributed by atoms with Gasteiger partial charge >= 0.3 is 0 Å². The zero-order valence-electron chi connectivity index (χ0n) is 18.1. The molecule has 1 saturated heterocycles. The maximum atomic E-state index is 11.0. The molecule has 4 aliphatic rings. The van der Waals surface area contributed by atoms with Crippen LogP contribution in [0.2, 0.25) is 0 Å². The number of fused-ring (bicyclic) bond motifs is 1. The minimum absolute atomic E-state index is 0.0791. The minimum Gasteiger partial charge on any atom is -0.393 e. The Bertz CT molecular complexity index is 589. The number of rotatable bonds is 4. The Labute approximate surface area is 171 Å². The molecule has 4 nitrogen and oxygen atoms in total. The van der Waals surface area contributed by atoms with Crippen LogP contribution in [0, 0.1) is 28.6 Å². The number of aliphatic hydroxyl groups excluding tert-OH is 2. The smallest absolute Gasteiger partial charge is 0.0621 e. The molecule has 0 aromatic rings. The molecule has 3 aliphatic carbocycles. The third-order valence-corrected chi connectivity index (χ3v) is 9.61. The predicted octanol–water partition coefficient (Wildman–Crippen LogP) is 3.32. The summed E-state index contributed by atoms with van der Waals surface area (Å²) in [7, 11) is 0. The fourth-order valence-corrected chi connectivity index (χ4v) is 7.56. The molecule has 1 heterocycles. The van der Waals surface area contributed by atoms with Crippen molar-refractivity contribution < 1.29 is 10.2 Å². The van der Waals surface area contributed by atoms with Gasteiger partial charge < -0.3 is 20.8 Å². The molecule has 8 atom stereocenters. The lowest BCUT2D eigenvalue weighted by molar-refractivity contribution is -0.121. The lowest BCUT2D eigenvalue weighted by Gasteiger charge is -2.56. The van der Waals surface area contributed by atoms with Crippen LogP contribution in [-0.4, -0.2) is 53.0 Å². The van der Waals surface area contributed by atoms with Crippen molar-refractivity contribution in [2.75, 3.05) is 19.6 Å². The second-order valence-corrected chi connectivity index (χ2v) is 11.0. The van der Waals surface area contributed by atoms with Crippen LogP contribution in [-0.2, 0) is 0 Å². The van der Waals surface area contributed by atoms with Crippen LogP contribution in [0.3, 0.4) is 0 Å². The highest BCUT2D eigenvalue weighted by molar-refractivity contribution is 5.26. The van der Waals surface area contributed by atoms with Gasteiger partial charge in [-0.1, -0.05) is 26.0 Å². The van der Waals surface area contributed by atoms with E-state index in [4.69, 9.17) is 5.73 Å². The van der Waals surface area contributed by atoms with E-state index in [0.717, 1.165) is 32.1 Å². The van der Waals surface area contributed by atoms with Crippen molar-refractivity contribution in [3.63, 3.8) is 0 Å². The van der Waals surface area contributed by atoms with Crippen LogP contribution in [0.1, 0.15) is 71.6 Å². The first kappa shape index (κ1) is 20.8. The van der Waals surface area contributed by atoms with Crippen molar-refractivity contribution in [3.8, 4) is 0 Å². The highest BCUT2D eigenvalue weighted by Gasteiger charge is 2.58. The molecule has 160 valence electrons. The van der Waals surface area contributed by atoms with Crippen molar-refractivity contribution in [1.82, 2.24) is 4.90 Å². The Kier molecular flexibility index (Phi) is 5.72. The first-order chi connectivity index (χ1) is 13.3. The highest BCUT2D eigenvalue weighted by atomic mass is 16.3. The van der Waals surface area contributed by atoms with E-state index >= 15 is 0 Å². The number of nitrogens with zero attached hydrogens (tertiary/aromatic N) is 1. The first-order valence-corrected chi connectivity index (χ1v) is 11.8. The lowest BCUT2D eigenvalue weighted by atomic mass is 9.50. The van der Waals surface area contributed by atoms with Gasteiger partial charge in [0.25, 0.3) is 0 Å². The zero-order valence-corrected chi connectivity index (χ0v) is 18.1. The second kappa shape index (κ2) is 7.68. The van der Waals surface area contributed by atoms with Crippen LogP contribution < -0.4 is 5.73 Å². The molecule has 3 unspecified atom stereocenters. The summed E-state index contributed by atoms with van der Waals surface area (Å²) in [5.41, 5.74) is 7.87. The molecule has 0 spiro atoms. The molecule has 0 aromatic heterocycles. The van der Waals surface area contributed by atoms with E-state index in [0.29, 0.717) is 24.2 Å². The molecule has 3 saturated carbocycles. The maximum Gasteiger partial charge on any atom is 0.0621 e. The van der Waals surface area contributed by atoms with Gasteiger partial charge in [0, 0.05) is 6.04 Å². The Morgan fingerprint density at radius 3 is 2.46 bits per heavy atom. The van der Waals surface area contributed by atoms with E-state index in [1.165, 1.54) is 44.5 Å². The second-order valence-electron chi connectivity index (χ2n) is 11.0. The van der Waals surface area contributed by atoms with E-state index in [9.17, 15) is 10.2 Å². The fourth-order valence-electron chi connectivity index (χ4n) is 7.56. The summed E-state index contributed by atoms with van der Waals surface area (Å²) in [6.45, 7) is 12.8. The molecule has 4 N–H and O–H groups in total. The molecule has 0 bridgehead atoms. The highest BCUT2D eigenvalue weighted by Crippen LogP contribution is 2.63. The number of hydrogen-bond acceptors (Lipinski definition) is 4. The summed E-state index contributed by atoms with van der Waals surface area (Å²) in [5, 5.41) is 21.1. The number of nitrogens with two attached hydrogens (primary N) is 1. The van der Waals surface area contributed by atoms with E-state index in [1.54, 1.807) is 0 Å². The van der Waals surface area contributed by atoms with Crippen molar-refractivity contribution in [3.05, 3.63) is 12.2 Å². The van der Waals surface area contributed by atoms with Gasteiger partial charge in [-0.3, -0.25) is 0 Å². The van der Waals surface area contributed by atoms with Crippen molar-refractivity contribution in [2.45, 2.75) is 89.9 Å². The van der Waals surface area contributed by atoms with Crippen LogP contribution in [0.4, 0.5) is 0 Å². The zero-order chi connectivity index (χ0) is 20.1. The van der Waals surface area contributed by atoms with E-state index < -0.39 is 6.10 Å². The van der Waals surface area contributed by atoms with Gasteiger partial charge in [0.05, 0.1) is 12.2 Å². The number of aliphatic hydroxyl groups is 2. The van der Waals surface area contributed by atoms with Crippen LogP contribution in [0.15, 0.2) is 12.2 Å². The SMILES string of the molecule is C=C1C(N)CC2[C@H](CCN3CCCC3)C([C@]3(C)CC[C@@H](O)C[C@H]3O)CC[C@]12C. The third-order valence-electron chi connectivity index (χ3n) is 9.61. The quantitative estimate of drug-likeness (QED) is 0.644. The molecule has 0 aromatic carbocycles. The summed E-state index contributed by atoms with van der Waals surface area (Å²) < 4.78 is 0. The molecule has 0 amide bonds. The molecule has 4 heteroatoms. The van der Waals surface area contributed by atoms with E-state index in [2.05, 4.69) is 25.3 Å². The predicted molar refractivity (Wildman–Crippen MR) is 114 cm³/mol. The standard InChI is InChI=1S/C24H42N2O2/c1-16-21(25)15-20-18(8-13-26-11-4-5-12-26)19(7-10-23(16,20)2)24(3)9-6-17(27)14-22(24)28/h17-22,27-28H,1,4-15,25H2,2-3H3/t17-,18-,19?,20?,21?,22-,23-,24+/m1/s1. The van der Waals surface area contributed by atoms with Gasteiger partial charge in [0.2, 0.25) is 0 Å². The van der Waals surface area contributed by atoms with Crippen molar-refractivity contribution in [2.24, 2.45) is 34.3 Å². The minimum atomic E-state index is -0.391. The maximum absolute atomic E-state index is 11.0. The van der Waals surface area contributed by atoms with Gasteiger partial charge in [-0.05, 0) is 106 Å². The third kappa shape index (κ3) is 3.38. The van der Waals surface area contributed by atoms with E-state index in [-0.39, 0.29) is 23.0 Å². The topological polar surface area (TPSA) is 69.7 Å². The Balaban J connectivity index is 1.60. The summed E-state index contributed by atoms with van der Waals surface area (Å²) in [5.74, 6) is 1.71. The summed E-state index contributed by atoms with van der Waals surface area (Å²) >= 11 is 0. The van der Waals surface area contributed by atoms with E-state index in [1.807, 2.05) is 0 Å². The molecule has 1 aliphatic heterocycles. The molecule has 4 fully saturated rings. The van der Waals surface area contributed by atoms with Gasteiger partial charge in [0.15, 0.2) is 0 Å². The first-order valence-electron chi connectivity index (χ1n) is 11.8. The Morgan fingerprint density at radius 2 is 1.79 bits per heavy atom. The lowest BCUT2D eigenvalue weighted by Crippen LogP contribution is -2.52. The van der Waals surface area contributed by atoms with Crippen LogP contribution in [0.5, 0.6) is 0 Å². The molecule has 28 heavy (non-hydrogen) atoms. The molecular weight excluding hydrogens is 348 g/mol. The van der Waals surface area contributed by atoms with Crippen LogP contribution >= 0.6 is 0 Å². The largest absolute Gasteiger partial charge is 0.393 e. The Morgan fingerprint density at radius 1 is 1.07 bits per heavy atom. The van der Waals surface area contributed by atoms with Gasteiger partial charge in [-0.2, -0.15) is 0 Å². The van der Waals surface area contributed by atoms with Gasteiger partial charge in [-0.25, -0.2) is 0 Å². The molecule has 0 radical (unpaired) electrons. The van der Waals surface area contributed by atoms with Gasteiger partial charge in [-0.15, -0.1) is 0 Å².